The molecule has 0 radical (unpaired) electrons. The fourth-order valence-corrected chi connectivity index (χ4v) is 0.719. The van der Waals surface area contributed by atoms with Crippen LogP contribution >= 0.6 is 24.0 Å². The van der Waals surface area contributed by atoms with Crippen LogP contribution in [0.15, 0.2) is 0 Å². The topological polar surface area (TPSA) is 47.6 Å². The van der Waals surface area contributed by atoms with Crippen LogP contribution in [-0.4, -0.2) is 38.9 Å². The summed E-state index contributed by atoms with van der Waals surface area (Å²) in [5.74, 6) is -0.211. The summed E-state index contributed by atoms with van der Waals surface area (Å²) in [5, 5.41) is 3.16. The Morgan fingerprint density at radius 3 is 2.08 bits per heavy atom. The molecule has 0 aromatic carbocycles. The number of halogens is 1. The summed E-state index contributed by atoms with van der Waals surface area (Å²) in [6.07, 6.45) is 0. The van der Waals surface area contributed by atoms with E-state index in [1.807, 2.05) is 0 Å². The second kappa shape index (κ2) is 12.1. The van der Waals surface area contributed by atoms with E-state index >= 15 is 0 Å². The van der Waals surface area contributed by atoms with Crippen LogP contribution in [0.4, 0.5) is 0 Å². The van der Waals surface area contributed by atoms with Crippen molar-refractivity contribution in [3.05, 3.63) is 0 Å². The van der Waals surface area contributed by atoms with Crippen molar-refractivity contribution in [2.45, 2.75) is 13.8 Å². The molecular formula is C8H18INO3. The zero-order valence-electron chi connectivity index (χ0n) is 8.17. The van der Waals surface area contributed by atoms with E-state index in [1.165, 1.54) is 6.92 Å². The minimum atomic E-state index is -0.211. The number of hydrogen-bond acceptors (Lipinski definition) is 4. The monoisotopic (exact) mass is 303 g/mol. The van der Waals surface area contributed by atoms with E-state index in [1.54, 1.807) is 6.92 Å². The van der Waals surface area contributed by atoms with Crippen molar-refractivity contribution in [1.82, 2.24) is 5.32 Å². The van der Waals surface area contributed by atoms with Crippen LogP contribution < -0.4 is 5.32 Å². The third kappa shape index (κ3) is 14.9. The molecule has 1 aliphatic heterocycles. The fourth-order valence-electron chi connectivity index (χ4n) is 0.719. The molecule has 1 rings (SSSR count). The van der Waals surface area contributed by atoms with Crippen molar-refractivity contribution in [2.75, 3.05) is 32.9 Å². The molecule has 1 aliphatic rings. The molecule has 0 spiro atoms. The molecule has 1 fully saturated rings. The summed E-state index contributed by atoms with van der Waals surface area (Å²) in [5.41, 5.74) is 0. The van der Waals surface area contributed by atoms with E-state index < -0.39 is 0 Å². The normalized spacial score (nSPS) is 14.6. The zero-order valence-corrected chi connectivity index (χ0v) is 10.5. The molecular weight excluding hydrogens is 285 g/mol. The van der Waals surface area contributed by atoms with Crippen molar-refractivity contribution in [2.24, 2.45) is 0 Å². The maximum atomic E-state index is 9.82. The van der Waals surface area contributed by atoms with Gasteiger partial charge < -0.3 is 14.8 Å². The van der Waals surface area contributed by atoms with Gasteiger partial charge in [-0.3, -0.25) is 4.79 Å². The quantitative estimate of drug-likeness (QED) is 0.575. The molecule has 0 amide bonds. The lowest BCUT2D eigenvalue weighted by atomic mass is 10.5. The SMILES string of the molecule is C1COCCN1.CCOC(C)=O.I. The van der Waals surface area contributed by atoms with Crippen molar-refractivity contribution in [1.29, 1.82) is 0 Å². The highest BCUT2D eigenvalue weighted by Crippen LogP contribution is 1.76. The van der Waals surface area contributed by atoms with Crippen LogP contribution in [0.2, 0.25) is 0 Å². The van der Waals surface area contributed by atoms with E-state index in [0.717, 1.165) is 26.3 Å². The highest BCUT2D eigenvalue weighted by Gasteiger charge is 1.92. The van der Waals surface area contributed by atoms with Gasteiger partial charge in [-0.15, -0.1) is 24.0 Å². The number of esters is 1. The van der Waals surface area contributed by atoms with E-state index in [9.17, 15) is 4.79 Å². The van der Waals surface area contributed by atoms with Gasteiger partial charge >= 0.3 is 5.97 Å². The van der Waals surface area contributed by atoms with Gasteiger partial charge in [0.15, 0.2) is 0 Å². The van der Waals surface area contributed by atoms with Gasteiger partial charge in [-0.2, -0.15) is 0 Å². The zero-order chi connectivity index (χ0) is 9.23. The van der Waals surface area contributed by atoms with Gasteiger partial charge in [0.2, 0.25) is 0 Å². The summed E-state index contributed by atoms with van der Waals surface area (Å²) in [6.45, 7) is 7.49. The van der Waals surface area contributed by atoms with Crippen LogP contribution in [0.1, 0.15) is 13.8 Å². The summed E-state index contributed by atoms with van der Waals surface area (Å²) in [6, 6.07) is 0. The van der Waals surface area contributed by atoms with Crippen molar-refractivity contribution in [3.63, 3.8) is 0 Å². The highest BCUT2D eigenvalue weighted by molar-refractivity contribution is 14.0. The first-order chi connectivity index (χ1) is 5.77. The Morgan fingerprint density at radius 1 is 1.46 bits per heavy atom. The van der Waals surface area contributed by atoms with Crippen molar-refractivity contribution >= 4 is 29.9 Å². The molecule has 13 heavy (non-hydrogen) atoms. The Morgan fingerprint density at radius 2 is 2.00 bits per heavy atom. The largest absolute Gasteiger partial charge is 0.466 e. The van der Waals surface area contributed by atoms with Crippen LogP contribution in [0.25, 0.3) is 0 Å². The molecule has 0 aliphatic carbocycles. The number of ether oxygens (including phenoxy) is 2. The predicted octanol–water partition coefficient (Wildman–Crippen LogP) is 0.794. The highest BCUT2D eigenvalue weighted by atomic mass is 127. The number of hydrogen-bond donors (Lipinski definition) is 1. The molecule has 0 unspecified atom stereocenters. The number of morpholine rings is 1. The van der Waals surface area contributed by atoms with Crippen LogP contribution in [0, 0.1) is 0 Å². The molecule has 5 heteroatoms. The summed E-state index contributed by atoms with van der Waals surface area (Å²) < 4.78 is 9.41. The van der Waals surface area contributed by atoms with Gasteiger partial charge in [0.25, 0.3) is 0 Å². The Bertz CT molecular complexity index is 106. The lowest BCUT2D eigenvalue weighted by Gasteiger charge is -2.10. The lowest BCUT2D eigenvalue weighted by molar-refractivity contribution is -0.140. The molecule has 1 N–H and O–H groups in total. The molecule has 0 aromatic rings. The molecule has 0 aromatic heterocycles. The Labute approximate surface area is 96.4 Å². The third-order valence-corrected chi connectivity index (χ3v) is 1.19. The number of carbonyl (C=O) groups excluding carboxylic acids is 1. The van der Waals surface area contributed by atoms with E-state index in [0.29, 0.717) is 6.61 Å². The van der Waals surface area contributed by atoms with Gasteiger partial charge in [0, 0.05) is 20.0 Å². The minimum Gasteiger partial charge on any atom is -0.466 e. The molecule has 0 bridgehead atoms. The van der Waals surface area contributed by atoms with Crippen LogP contribution in [-0.2, 0) is 14.3 Å². The molecule has 80 valence electrons. The smallest absolute Gasteiger partial charge is 0.302 e. The van der Waals surface area contributed by atoms with Gasteiger partial charge in [-0.05, 0) is 6.92 Å². The van der Waals surface area contributed by atoms with Crippen LogP contribution in [0.3, 0.4) is 0 Å². The summed E-state index contributed by atoms with van der Waals surface area (Å²) in [4.78, 5) is 9.82. The maximum absolute atomic E-state index is 9.82. The first-order valence-electron chi connectivity index (χ1n) is 4.19. The maximum Gasteiger partial charge on any atom is 0.302 e. The van der Waals surface area contributed by atoms with Gasteiger partial charge in [0.05, 0.1) is 19.8 Å². The van der Waals surface area contributed by atoms with Crippen molar-refractivity contribution < 1.29 is 14.3 Å². The second-order valence-corrected chi connectivity index (χ2v) is 2.29. The Balaban J connectivity index is 0. The minimum absolute atomic E-state index is 0. The fraction of sp³-hybridized carbons (Fsp3) is 0.875. The average Bonchev–Trinajstić information content (AvgIpc) is 2.08. The number of nitrogens with one attached hydrogen (secondary N) is 1. The standard InChI is InChI=1S/C4H9NO.C4H8O2.HI/c1-3-6-4-2-5-1;1-3-6-4(2)5;/h5H,1-4H2;3H2,1-2H3;1H. The van der Waals surface area contributed by atoms with Crippen LogP contribution in [0.5, 0.6) is 0 Å². The summed E-state index contributed by atoms with van der Waals surface area (Å²) >= 11 is 0. The number of rotatable bonds is 1. The summed E-state index contributed by atoms with van der Waals surface area (Å²) in [7, 11) is 0. The first kappa shape index (κ1) is 15.6. The first-order valence-corrected chi connectivity index (χ1v) is 4.19. The predicted molar refractivity (Wildman–Crippen MR) is 61.4 cm³/mol. The van der Waals surface area contributed by atoms with Gasteiger partial charge in [0.1, 0.15) is 0 Å². The number of carbonyl (C=O) groups is 1. The van der Waals surface area contributed by atoms with Gasteiger partial charge in [-0.25, -0.2) is 0 Å². The van der Waals surface area contributed by atoms with Gasteiger partial charge in [-0.1, -0.05) is 0 Å². The second-order valence-electron chi connectivity index (χ2n) is 2.29. The molecule has 4 nitrogen and oxygen atoms in total. The van der Waals surface area contributed by atoms with E-state index in [-0.39, 0.29) is 29.9 Å². The molecule has 0 atom stereocenters. The Hall–Kier alpha value is 0.120. The van der Waals surface area contributed by atoms with E-state index in [4.69, 9.17) is 4.74 Å². The van der Waals surface area contributed by atoms with Crippen molar-refractivity contribution in [3.8, 4) is 0 Å². The molecule has 0 saturated carbocycles. The molecule has 1 heterocycles. The average molecular weight is 303 g/mol. The van der Waals surface area contributed by atoms with E-state index in [2.05, 4.69) is 10.1 Å². The molecule has 1 saturated heterocycles. The Kier molecular flexibility index (Phi) is 14.5. The lowest BCUT2D eigenvalue weighted by Crippen LogP contribution is -2.30. The third-order valence-electron chi connectivity index (χ3n) is 1.19.